The zero-order valence-electron chi connectivity index (χ0n) is 9.23. The van der Waals surface area contributed by atoms with E-state index in [1.54, 1.807) is 38.4 Å². The number of carbonyl (C=O) groups is 2. The first kappa shape index (κ1) is 12.0. The molecule has 0 fully saturated rings. The van der Waals surface area contributed by atoms with E-state index in [4.69, 9.17) is 5.11 Å². The quantitative estimate of drug-likeness (QED) is 0.793. The summed E-state index contributed by atoms with van der Waals surface area (Å²) in [4.78, 5) is 23.3. The normalized spacial score (nSPS) is 9.62. The molecule has 2 N–H and O–H groups in total. The average Bonchev–Trinajstić information content (AvgIpc) is 2.26. The molecule has 1 amide bonds. The van der Waals surface area contributed by atoms with Crippen molar-refractivity contribution >= 4 is 17.6 Å². The van der Waals surface area contributed by atoms with Crippen molar-refractivity contribution in [3.8, 4) is 0 Å². The molecule has 0 bridgehead atoms. The van der Waals surface area contributed by atoms with Gasteiger partial charge in [0.1, 0.15) is 6.54 Å². The van der Waals surface area contributed by atoms with Gasteiger partial charge in [-0.2, -0.15) is 0 Å². The second-order valence-electron chi connectivity index (χ2n) is 3.52. The fraction of sp³-hybridized carbons (Fsp3) is 0.273. The predicted molar refractivity (Wildman–Crippen MR) is 60.6 cm³/mol. The summed E-state index contributed by atoms with van der Waals surface area (Å²) in [6.07, 6.45) is 0. The van der Waals surface area contributed by atoms with Gasteiger partial charge in [-0.3, -0.25) is 9.59 Å². The smallest absolute Gasteiger partial charge is 0.322 e. The van der Waals surface area contributed by atoms with Gasteiger partial charge in [0, 0.05) is 25.3 Å². The van der Waals surface area contributed by atoms with Gasteiger partial charge in [-0.05, 0) is 24.3 Å². The van der Waals surface area contributed by atoms with Crippen molar-refractivity contribution in [1.82, 2.24) is 4.90 Å². The van der Waals surface area contributed by atoms with E-state index in [0.717, 1.165) is 0 Å². The van der Waals surface area contributed by atoms with Crippen LogP contribution < -0.4 is 5.32 Å². The standard InChI is InChI=1S/C11H14N2O3/c1-13(2)11(16)8-3-5-9(6-4-8)12-7-10(14)15/h3-6,12H,7H2,1-2H3,(H,14,15). The molecule has 5 heteroatoms. The fourth-order valence-electron chi connectivity index (χ4n) is 1.17. The Morgan fingerprint density at radius 1 is 1.25 bits per heavy atom. The molecule has 0 aliphatic carbocycles. The number of carboxylic acid groups (broad SMARTS) is 1. The Hall–Kier alpha value is -2.04. The average molecular weight is 222 g/mol. The van der Waals surface area contributed by atoms with Crippen molar-refractivity contribution in [2.75, 3.05) is 26.0 Å². The van der Waals surface area contributed by atoms with Gasteiger partial charge in [-0.1, -0.05) is 0 Å². The molecule has 0 atom stereocenters. The highest BCUT2D eigenvalue weighted by Crippen LogP contribution is 2.10. The Balaban J connectivity index is 2.68. The van der Waals surface area contributed by atoms with E-state index in [1.807, 2.05) is 0 Å². The van der Waals surface area contributed by atoms with E-state index in [-0.39, 0.29) is 12.5 Å². The summed E-state index contributed by atoms with van der Waals surface area (Å²) in [5, 5.41) is 11.2. The van der Waals surface area contributed by atoms with Crippen LogP contribution in [0.25, 0.3) is 0 Å². The molecule has 0 unspecified atom stereocenters. The molecule has 0 saturated heterocycles. The van der Waals surface area contributed by atoms with Crippen LogP contribution in [0, 0.1) is 0 Å². The minimum atomic E-state index is -0.923. The number of carboxylic acids is 1. The lowest BCUT2D eigenvalue weighted by molar-refractivity contribution is -0.134. The maximum atomic E-state index is 11.5. The molecule has 0 heterocycles. The molecule has 86 valence electrons. The summed E-state index contributed by atoms with van der Waals surface area (Å²) in [5.41, 5.74) is 1.25. The van der Waals surface area contributed by atoms with Crippen LogP contribution in [0.2, 0.25) is 0 Å². The highest BCUT2D eigenvalue weighted by Gasteiger charge is 2.07. The highest BCUT2D eigenvalue weighted by atomic mass is 16.4. The minimum absolute atomic E-state index is 0.0789. The van der Waals surface area contributed by atoms with Crippen LogP contribution in [-0.2, 0) is 4.79 Å². The molecule has 16 heavy (non-hydrogen) atoms. The van der Waals surface area contributed by atoms with Crippen molar-refractivity contribution in [2.24, 2.45) is 0 Å². The van der Waals surface area contributed by atoms with E-state index in [2.05, 4.69) is 5.32 Å². The molecule has 0 saturated carbocycles. The fourth-order valence-corrected chi connectivity index (χ4v) is 1.17. The Morgan fingerprint density at radius 3 is 2.25 bits per heavy atom. The minimum Gasteiger partial charge on any atom is -0.480 e. The van der Waals surface area contributed by atoms with Crippen LogP contribution in [0.15, 0.2) is 24.3 Å². The lowest BCUT2D eigenvalue weighted by Gasteiger charge is -2.10. The number of anilines is 1. The number of amides is 1. The summed E-state index contributed by atoms with van der Waals surface area (Å²) in [6.45, 7) is -0.138. The summed E-state index contributed by atoms with van der Waals surface area (Å²) < 4.78 is 0. The first-order valence-corrected chi connectivity index (χ1v) is 4.78. The van der Waals surface area contributed by atoms with Crippen LogP contribution in [0.3, 0.4) is 0 Å². The highest BCUT2D eigenvalue weighted by molar-refractivity contribution is 5.94. The van der Waals surface area contributed by atoms with Gasteiger partial charge in [0.15, 0.2) is 0 Å². The van der Waals surface area contributed by atoms with E-state index < -0.39 is 5.97 Å². The van der Waals surface area contributed by atoms with Crippen molar-refractivity contribution in [3.05, 3.63) is 29.8 Å². The third-order valence-corrected chi connectivity index (χ3v) is 1.98. The van der Waals surface area contributed by atoms with Gasteiger partial charge in [-0.15, -0.1) is 0 Å². The summed E-state index contributed by atoms with van der Waals surface area (Å²) >= 11 is 0. The second-order valence-corrected chi connectivity index (χ2v) is 3.52. The van der Waals surface area contributed by atoms with E-state index >= 15 is 0 Å². The Morgan fingerprint density at radius 2 is 1.81 bits per heavy atom. The SMILES string of the molecule is CN(C)C(=O)c1ccc(NCC(=O)O)cc1. The van der Waals surface area contributed by atoms with Crippen LogP contribution >= 0.6 is 0 Å². The third kappa shape index (κ3) is 3.27. The maximum Gasteiger partial charge on any atom is 0.322 e. The molecule has 0 radical (unpaired) electrons. The number of carbonyl (C=O) groups excluding carboxylic acids is 1. The van der Waals surface area contributed by atoms with Crippen molar-refractivity contribution in [1.29, 1.82) is 0 Å². The topological polar surface area (TPSA) is 69.6 Å². The number of hydrogen-bond donors (Lipinski definition) is 2. The maximum absolute atomic E-state index is 11.5. The van der Waals surface area contributed by atoms with Gasteiger partial charge in [0.2, 0.25) is 0 Å². The van der Waals surface area contributed by atoms with E-state index in [9.17, 15) is 9.59 Å². The molecular formula is C11H14N2O3. The molecule has 0 spiro atoms. The molecule has 1 rings (SSSR count). The number of benzene rings is 1. The number of nitrogens with one attached hydrogen (secondary N) is 1. The predicted octanol–water partition coefficient (Wildman–Crippen LogP) is 0.885. The summed E-state index contributed by atoms with van der Waals surface area (Å²) in [5.74, 6) is -1.00. The third-order valence-electron chi connectivity index (χ3n) is 1.98. The zero-order chi connectivity index (χ0) is 12.1. The molecule has 5 nitrogen and oxygen atoms in total. The van der Waals surface area contributed by atoms with Gasteiger partial charge >= 0.3 is 5.97 Å². The molecule has 1 aromatic carbocycles. The van der Waals surface area contributed by atoms with E-state index in [0.29, 0.717) is 11.3 Å². The van der Waals surface area contributed by atoms with Gasteiger partial charge in [0.25, 0.3) is 5.91 Å². The monoisotopic (exact) mass is 222 g/mol. The number of hydrogen-bond acceptors (Lipinski definition) is 3. The van der Waals surface area contributed by atoms with Gasteiger partial charge in [0.05, 0.1) is 0 Å². The first-order valence-electron chi connectivity index (χ1n) is 4.78. The zero-order valence-corrected chi connectivity index (χ0v) is 9.23. The number of aliphatic carboxylic acids is 1. The molecule has 0 aromatic heterocycles. The van der Waals surface area contributed by atoms with Gasteiger partial charge in [-0.25, -0.2) is 0 Å². The Kier molecular flexibility index (Phi) is 3.88. The summed E-state index contributed by atoms with van der Waals surface area (Å²) in [6, 6.07) is 6.68. The second kappa shape index (κ2) is 5.16. The number of nitrogens with zero attached hydrogens (tertiary/aromatic N) is 1. The first-order chi connectivity index (χ1) is 7.50. The lowest BCUT2D eigenvalue weighted by atomic mass is 10.2. The van der Waals surface area contributed by atoms with Crippen molar-refractivity contribution < 1.29 is 14.7 Å². The largest absolute Gasteiger partial charge is 0.480 e. The molecule has 1 aromatic rings. The van der Waals surface area contributed by atoms with Gasteiger partial charge < -0.3 is 15.3 Å². The Bertz CT molecular complexity index is 385. The Labute approximate surface area is 93.7 Å². The molecule has 0 aliphatic rings. The van der Waals surface area contributed by atoms with Crippen molar-refractivity contribution in [2.45, 2.75) is 0 Å². The lowest BCUT2D eigenvalue weighted by Crippen LogP contribution is -2.21. The molecule has 0 aliphatic heterocycles. The van der Waals surface area contributed by atoms with E-state index in [1.165, 1.54) is 4.90 Å². The summed E-state index contributed by atoms with van der Waals surface area (Å²) in [7, 11) is 3.36. The number of rotatable bonds is 4. The van der Waals surface area contributed by atoms with Crippen LogP contribution in [0.4, 0.5) is 5.69 Å². The van der Waals surface area contributed by atoms with Crippen LogP contribution in [0.1, 0.15) is 10.4 Å². The van der Waals surface area contributed by atoms with Crippen LogP contribution in [0.5, 0.6) is 0 Å². The van der Waals surface area contributed by atoms with Crippen LogP contribution in [-0.4, -0.2) is 42.5 Å². The van der Waals surface area contributed by atoms with Crippen molar-refractivity contribution in [3.63, 3.8) is 0 Å². The molecular weight excluding hydrogens is 208 g/mol.